The molecule has 2 heteroatoms. The number of aliphatic hydroxyl groups excluding tert-OH is 1. The molecule has 0 aliphatic rings. The van der Waals surface area contributed by atoms with Crippen LogP contribution in [-0.4, -0.2) is 22.4 Å². The normalized spacial score (nSPS) is 15.0. The number of aliphatic hydroxyl groups is 2. The molecular formula is C14H30O2. The first kappa shape index (κ1) is 15.9. The van der Waals surface area contributed by atoms with Gasteiger partial charge in [0, 0.05) is 6.61 Å². The monoisotopic (exact) mass is 230 g/mol. The van der Waals surface area contributed by atoms with Crippen molar-refractivity contribution in [1.82, 2.24) is 0 Å². The largest absolute Gasteiger partial charge is 0.396 e. The fourth-order valence-electron chi connectivity index (χ4n) is 2.01. The summed E-state index contributed by atoms with van der Waals surface area (Å²) in [5.41, 5.74) is -0.656. The van der Waals surface area contributed by atoms with Crippen LogP contribution in [0.15, 0.2) is 0 Å². The SMILES string of the molecule is CCCCCCCCCCC(C)(O)CCO. The Morgan fingerprint density at radius 3 is 1.81 bits per heavy atom. The molecule has 0 aliphatic heterocycles. The molecule has 0 saturated heterocycles. The third-order valence-corrected chi connectivity index (χ3v) is 3.22. The van der Waals surface area contributed by atoms with E-state index in [4.69, 9.17) is 5.11 Å². The maximum absolute atomic E-state index is 9.83. The van der Waals surface area contributed by atoms with Crippen molar-refractivity contribution in [3.63, 3.8) is 0 Å². The number of hydrogen-bond acceptors (Lipinski definition) is 2. The van der Waals surface area contributed by atoms with E-state index in [-0.39, 0.29) is 6.61 Å². The molecule has 1 unspecified atom stereocenters. The van der Waals surface area contributed by atoms with Crippen molar-refractivity contribution >= 4 is 0 Å². The zero-order valence-electron chi connectivity index (χ0n) is 11.2. The van der Waals surface area contributed by atoms with Crippen LogP contribution in [0.4, 0.5) is 0 Å². The number of hydrogen-bond donors (Lipinski definition) is 2. The molecule has 2 N–H and O–H groups in total. The Morgan fingerprint density at radius 2 is 1.31 bits per heavy atom. The zero-order valence-corrected chi connectivity index (χ0v) is 11.2. The van der Waals surface area contributed by atoms with E-state index >= 15 is 0 Å². The highest BCUT2D eigenvalue weighted by atomic mass is 16.3. The van der Waals surface area contributed by atoms with Crippen LogP contribution < -0.4 is 0 Å². The molecule has 0 bridgehead atoms. The standard InChI is InChI=1S/C14H30O2/c1-3-4-5-6-7-8-9-10-11-14(2,16)12-13-15/h15-16H,3-13H2,1-2H3. The summed E-state index contributed by atoms with van der Waals surface area (Å²) >= 11 is 0. The van der Waals surface area contributed by atoms with Crippen LogP contribution in [0.5, 0.6) is 0 Å². The number of unbranched alkanes of at least 4 members (excludes halogenated alkanes) is 7. The van der Waals surface area contributed by atoms with Gasteiger partial charge in [0.25, 0.3) is 0 Å². The second-order valence-electron chi connectivity index (χ2n) is 5.20. The Kier molecular flexibility index (Phi) is 10.0. The Labute approximate surface area is 101 Å². The second-order valence-corrected chi connectivity index (χ2v) is 5.20. The van der Waals surface area contributed by atoms with Gasteiger partial charge in [0.05, 0.1) is 5.60 Å². The molecule has 0 heterocycles. The molecule has 0 radical (unpaired) electrons. The molecule has 0 rings (SSSR count). The van der Waals surface area contributed by atoms with Gasteiger partial charge < -0.3 is 10.2 Å². The van der Waals surface area contributed by atoms with Gasteiger partial charge in [0.15, 0.2) is 0 Å². The molecular weight excluding hydrogens is 200 g/mol. The van der Waals surface area contributed by atoms with E-state index in [1.54, 1.807) is 0 Å². The van der Waals surface area contributed by atoms with Crippen LogP contribution in [-0.2, 0) is 0 Å². The predicted molar refractivity (Wildman–Crippen MR) is 69.6 cm³/mol. The van der Waals surface area contributed by atoms with Gasteiger partial charge in [-0.1, -0.05) is 58.3 Å². The van der Waals surface area contributed by atoms with Crippen LogP contribution in [0.25, 0.3) is 0 Å². The van der Waals surface area contributed by atoms with Crippen molar-refractivity contribution in [3.05, 3.63) is 0 Å². The van der Waals surface area contributed by atoms with E-state index in [2.05, 4.69) is 6.92 Å². The van der Waals surface area contributed by atoms with E-state index in [0.29, 0.717) is 6.42 Å². The third kappa shape index (κ3) is 10.4. The van der Waals surface area contributed by atoms with Gasteiger partial charge in [0.1, 0.15) is 0 Å². The Balaban J connectivity index is 3.20. The fraction of sp³-hybridized carbons (Fsp3) is 1.00. The van der Waals surface area contributed by atoms with E-state index in [0.717, 1.165) is 12.8 Å². The lowest BCUT2D eigenvalue weighted by Crippen LogP contribution is -2.25. The summed E-state index contributed by atoms with van der Waals surface area (Å²) in [6.45, 7) is 4.15. The molecule has 0 aromatic carbocycles. The quantitative estimate of drug-likeness (QED) is 0.532. The van der Waals surface area contributed by atoms with Crippen molar-refractivity contribution in [1.29, 1.82) is 0 Å². The lowest BCUT2D eigenvalue weighted by Gasteiger charge is -2.21. The number of rotatable bonds is 11. The van der Waals surface area contributed by atoms with Crippen molar-refractivity contribution in [2.45, 2.75) is 83.7 Å². The molecule has 1 atom stereocenters. The Hall–Kier alpha value is -0.0800. The summed E-state index contributed by atoms with van der Waals surface area (Å²) in [7, 11) is 0. The highest BCUT2D eigenvalue weighted by molar-refractivity contribution is 4.71. The molecule has 0 aromatic heterocycles. The molecule has 2 nitrogen and oxygen atoms in total. The van der Waals surface area contributed by atoms with Crippen molar-refractivity contribution in [2.75, 3.05) is 6.61 Å². The maximum atomic E-state index is 9.83. The summed E-state index contributed by atoms with van der Waals surface area (Å²) in [4.78, 5) is 0. The van der Waals surface area contributed by atoms with Crippen LogP contribution in [0.2, 0.25) is 0 Å². The highest BCUT2D eigenvalue weighted by Gasteiger charge is 2.18. The van der Waals surface area contributed by atoms with Crippen LogP contribution in [0.1, 0.15) is 78.1 Å². The van der Waals surface area contributed by atoms with Gasteiger partial charge in [0.2, 0.25) is 0 Å². The molecule has 0 amide bonds. The zero-order chi connectivity index (χ0) is 12.3. The van der Waals surface area contributed by atoms with Gasteiger partial charge in [-0.25, -0.2) is 0 Å². The molecule has 0 aliphatic carbocycles. The average Bonchev–Trinajstić information content (AvgIpc) is 2.22. The third-order valence-electron chi connectivity index (χ3n) is 3.22. The summed E-state index contributed by atoms with van der Waals surface area (Å²) in [5.74, 6) is 0. The molecule has 98 valence electrons. The van der Waals surface area contributed by atoms with Gasteiger partial charge in [-0.05, 0) is 19.8 Å². The van der Waals surface area contributed by atoms with Crippen LogP contribution >= 0.6 is 0 Å². The first-order valence-corrected chi connectivity index (χ1v) is 6.95. The fourth-order valence-corrected chi connectivity index (χ4v) is 2.01. The summed E-state index contributed by atoms with van der Waals surface area (Å²) in [6, 6.07) is 0. The minimum absolute atomic E-state index is 0.0873. The van der Waals surface area contributed by atoms with Gasteiger partial charge in [-0.15, -0.1) is 0 Å². The van der Waals surface area contributed by atoms with E-state index in [1.165, 1.54) is 44.9 Å². The molecule has 0 aromatic rings. The summed E-state index contributed by atoms with van der Waals surface area (Å²) < 4.78 is 0. The van der Waals surface area contributed by atoms with E-state index in [1.807, 2.05) is 6.92 Å². The van der Waals surface area contributed by atoms with E-state index < -0.39 is 5.60 Å². The highest BCUT2D eigenvalue weighted by Crippen LogP contribution is 2.18. The Bertz CT molecular complexity index is 144. The van der Waals surface area contributed by atoms with Gasteiger partial charge in [-0.3, -0.25) is 0 Å². The topological polar surface area (TPSA) is 40.5 Å². The summed E-state index contributed by atoms with van der Waals surface area (Å²) in [6.07, 6.45) is 11.7. The Morgan fingerprint density at radius 1 is 0.812 bits per heavy atom. The first-order valence-electron chi connectivity index (χ1n) is 6.95. The minimum atomic E-state index is -0.656. The molecule has 16 heavy (non-hydrogen) atoms. The smallest absolute Gasteiger partial charge is 0.0641 e. The van der Waals surface area contributed by atoms with Gasteiger partial charge >= 0.3 is 0 Å². The van der Waals surface area contributed by atoms with Crippen molar-refractivity contribution < 1.29 is 10.2 Å². The predicted octanol–water partition coefficient (Wildman–Crippen LogP) is 3.65. The van der Waals surface area contributed by atoms with Gasteiger partial charge in [-0.2, -0.15) is 0 Å². The van der Waals surface area contributed by atoms with E-state index in [9.17, 15) is 5.11 Å². The summed E-state index contributed by atoms with van der Waals surface area (Å²) in [5, 5.41) is 18.6. The molecule has 0 fully saturated rings. The van der Waals surface area contributed by atoms with Crippen molar-refractivity contribution in [3.8, 4) is 0 Å². The first-order chi connectivity index (χ1) is 7.62. The lowest BCUT2D eigenvalue weighted by atomic mass is 9.94. The van der Waals surface area contributed by atoms with Crippen LogP contribution in [0, 0.1) is 0 Å². The molecule has 0 spiro atoms. The second kappa shape index (κ2) is 10.1. The van der Waals surface area contributed by atoms with Crippen LogP contribution in [0.3, 0.4) is 0 Å². The van der Waals surface area contributed by atoms with Crippen molar-refractivity contribution in [2.24, 2.45) is 0 Å². The molecule has 0 saturated carbocycles. The minimum Gasteiger partial charge on any atom is -0.396 e. The lowest BCUT2D eigenvalue weighted by molar-refractivity contribution is 0.0232. The maximum Gasteiger partial charge on any atom is 0.0641 e. The average molecular weight is 230 g/mol.